The first kappa shape index (κ1) is 85.8. The maximum Gasteiger partial charge on any atom is 2.00 e. The van der Waals surface area contributed by atoms with Gasteiger partial charge in [0.25, 0.3) is 0 Å². The Balaban J connectivity index is 0. The Kier molecular flexibility index (Phi) is 837. The van der Waals surface area contributed by atoms with E-state index in [1.54, 1.807) is 0 Å². The van der Waals surface area contributed by atoms with Crippen LogP contribution in [0.4, 0.5) is 0 Å². The van der Waals surface area contributed by atoms with E-state index >= 15 is 0 Å². The first-order valence-electron chi connectivity index (χ1n) is 0. The van der Waals surface area contributed by atoms with Crippen molar-refractivity contribution < 1.29 is 20.4 Å². The molecule has 0 spiro atoms. The summed E-state index contributed by atoms with van der Waals surface area (Å²) in [7, 11) is 0. The fourth-order valence-electron chi connectivity index (χ4n) is 0. The fourth-order valence-corrected chi connectivity index (χ4v) is 0. The molecule has 0 rings (SSSR count). The van der Waals surface area contributed by atoms with Crippen molar-refractivity contribution in [2.75, 3.05) is 0 Å². The molecule has 0 nitrogen and oxygen atoms in total. The van der Waals surface area contributed by atoms with Gasteiger partial charge in [0.1, 0.15) is 0 Å². The topological polar surface area (TPSA) is 0 Å². The quantitative estimate of drug-likeness (QED) is 0.314. The Labute approximate surface area is 55.4 Å². The van der Waals surface area contributed by atoms with Crippen LogP contribution in [0, 0.1) is 14.9 Å². The minimum atomic E-state index is 0. The molecule has 0 N–H and O–H groups in total. The molecule has 0 aliphatic heterocycles. The van der Waals surface area contributed by atoms with Crippen LogP contribution < -0.4 is 0 Å². The largest absolute Gasteiger partial charge is 2.00 e. The van der Waals surface area contributed by atoms with E-state index in [1.165, 1.54) is 0 Å². The first-order valence-corrected chi connectivity index (χ1v) is 0. The van der Waals surface area contributed by atoms with E-state index in [-0.39, 0.29) is 55.1 Å². The smallest absolute Gasteiger partial charge is 0.358 e. The van der Waals surface area contributed by atoms with E-state index in [4.69, 9.17) is 0 Å². The monoisotopic (exact) mass is 204 g/mol. The molecule has 0 saturated heterocycles. The van der Waals surface area contributed by atoms with Crippen molar-refractivity contribution in [2.45, 2.75) is 0 Å². The van der Waals surface area contributed by atoms with E-state index in [1.807, 2.05) is 0 Å². The Morgan fingerprint density at radius 1 is 0.600 bits per heavy atom. The van der Waals surface area contributed by atoms with Crippen LogP contribution in [0.5, 0.6) is 0 Å². The Bertz CT molecular complexity index is 7.61. The zero-order chi connectivity index (χ0) is 0. The van der Waals surface area contributed by atoms with Gasteiger partial charge in [0.15, 0.2) is 0 Å². The minimum absolute atomic E-state index is 0. The summed E-state index contributed by atoms with van der Waals surface area (Å²) in [5.41, 5.74) is 0. The molecule has 2 atom stereocenters. The van der Waals surface area contributed by atoms with E-state index in [0.29, 0.717) is 0 Å². The van der Waals surface area contributed by atoms with Gasteiger partial charge in [-0.2, -0.15) is 19.8 Å². The third-order valence-electron chi connectivity index (χ3n) is 0. The van der Waals surface area contributed by atoms with Gasteiger partial charge in [0, 0.05) is 0 Å². The summed E-state index contributed by atoms with van der Waals surface area (Å²) >= 11 is 0. The van der Waals surface area contributed by atoms with Gasteiger partial charge in [0.05, 0.1) is 0 Å². The maximum atomic E-state index is 0. The summed E-state index contributed by atoms with van der Waals surface area (Å²) in [4.78, 5) is 0. The van der Waals surface area contributed by atoms with Gasteiger partial charge < -0.3 is 14.9 Å². The van der Waals surface area contributed by atoms with Crippen LogP contribution >= 0.6 is 19.8 Å². The second-order valence-corrected chi connectivity index (χ2v) is 0. The summed E-state index contributed by atoms with van der Waals surface area (Å²) in [6.45, 7) is 0. The third-order valence-corrected chi connectivity index (χ3v) is 0. The molecule has 0 heterocycles. The van der Waals surface area contributed by atoms with Crippen LogP contribution in [0.2, 0.25) is 0 Å². The molecule has 0 aromatic carbocycles. The first-order chi connectivity index (χ1) is 0. The SMILES string of the molecule is P.P.[CH3-].[CH3-].[Pd+2]. The van der Waals surface area contributed by atoms with E-state index in [2.05, 4.69) is 0 Å². The van der Waals surface area contributed by atoms with Crippen LogP contribution in [-0.2, 0) is 20.4 Å². The molecule has 40 valence electrons. The van der Waals surface area contributed by atoms with Crippen LogP contribution in [0.1, 0.15) is 0 Å². The second kappa shape index (κ2) is 48.7. The zero-order valence-electron chi connectivity index (χ0n) is 3.73. The van der Waals surface area contributed by atoms with Crippen molar-refractivity contribution in [2.24, 2.45) is 0 Å². The molecule has 0 aromatic rings. The molecular formula is C2H12P2Pd. The zero-order valence-corrected chi connectivity index (χ0v) is 8.11. The molecule has 0 saturated carbocycles. The average molecular weight is 204 g/mol. The summed E-state index contributed by atoms with van der Waals surface area (Å²) in [6, 6.07) is 0. The summed E-state index contributed by atoms with van der Waals surface area (Å²) < 4.78 is 0. The van der Waals surface area contributed by atoms with Crippen LogP contribution in [0.15, 0.2) is 0 Å². The van der Waals surface area contributed by atoms with Crippen LogP contribution in [-0.4, -0.2) is 0 Å². The van der Waals surface area contributed by atoms with E-state index < -0.39 is 0 Å². The molecule has 0 amide bonds. The molecule has 0 radical (unpaired) electrons. The molecule has 3 heteroatoms. The molecule has 0 aliphatic carbocycles. The molecule has 0 fully saturated rings. The van der Waals surface area contributed by atoms with Crippen molar-refractivity contribution in [3.05, 3.63) is 14.9 Å². The average Bonchev–Trinajstić information content (AvgIpc) is 0. The van der Waals surface area contributed by atoms with Gasteiger partial charge in [-0.05, 0) is 0 Å². The Morgan fingerprint density at radius 2 is 0.600 bits per heavy atom. The van der Waals surface area contributed by atoms with Gasteiger partial charge in [0.2, 0.25) is 0 Å². The number of hydrogen-bond donors (Lipinski definition) is 0. The van der Waals surface area contributed by atoms with Crippen molar-refractivity contribution in [1.29, 1.82) is 0 Å². The van der Waals surface area contributed by atoms with Crippen molar-refractivity contribution >= 4 is 19.8 Å². The summed E-state index contributed by atoms with van der Waals surface area (Å²) in [5, 5.41) is 0. The predicted octanol–water partition coefficient (Wildman–Crippen LogP) is 1.01. The van der Waals surface area contributed by atoms with Gasteiger partial charge >= 0.3 is 20.4 Å². The molecule has 2 unspecified atom stereocenters. The normalized spacial score (nSPS) is 0. The van der Waals surface area contributed by atoms with Gasteiger partial charge in [-0.25, -0.2) is 0 Å². The standard InChI is InChI=1S/2CH3.2H3P.Pd/h4*1H3;/q2*-1;;;+2. The van der Waals surface area contributed by atoms with Gasteiger partial charge in [-0.3, -0.25) is 0 Å². The van der Waals surface area contributed by atoms with Crippen LogP contribution in [0.3, 0.4) is 0 Å². The van der Waals surface area contributed by atoms with Crippen LogP contribution in [0.25, 0.3) is 0 Å². The molecule has 5 heavy (non-hydrogen) atoms. The molecule has 0 aliphatic rings. The molecule has 0 aromatic heterocycles. The maximum absolute atomic E-state index is 0. The fraction of sp³-hybridized carbons (Fsp3) is 0. The third kappa shape index (κ3) is 29.6. The minimum Gasteiger partial charge on any atom is -0.358 e. The Morgan fingerprint density at radius 3 is 0.600 bits per heavy atom. The predicted molar refractivity (Wildman–Crippen MR) is 35.0 cm³/mol. The molecular weight excluding hydrogens is 192 g/mol. The summed E-state index contributed by atoms with van der Waals surface area (Å²) in [5.74, 6) is 0. The second-order valence-electron chi connectivity index (χ2n) is 0. The summed E-state index contributed by atoms with van der Waals surface area (Å²) in [6.07, 6.45) is 0. The van der Waals surface area contributed by atoms with Gasteiger partial charge in [-0.1, -0.05) is 0 Å². The van der Waals surface area contributed by atoms with Crippen molar-refractivity contribution in [3.8, 4) is 0 Å². The van der Waals surface area contributed by atoms with E-state index in [9.17, 15) is 0 Å². The molecule has 0 bridgehead atoms. The van der Waals surface area contributed by atoms with E-state index in [0.717, 1.165) is 0 Å². The number of hydrogen-bond acceptors (Lipinski definition) is 0. The van der Waals surface area contributed by atoms with Crippen molar-refractivity contribution in [1.82, 2.24) is 0 Å². The van der Waals surface area contributed by atoms with Gasteiger partial charge in [-0.15, -0.1) is 0 Å². The number of rotatable bonds is 0. The van der Waals surface area contributed by atoms with Crippen molar-refractivity contribution in [3.63, 3.8) is 0 Å². The Hall–Kier alpha value is 1.52.